The zero-order valence-corrected chi connectivity index (χ0v) is 10.7. The second-order valence-electron chi connectivity index (χ2n) is 5.28. The Balaban J connectivity index is 2.37. The van der Waals surface area contributed by atoms with Gasteiger partial charge in [-0.3, -0.25) is 0 Å². The lowest BCUT2D eigenvalue weighted by Crippen LogP contribution is -2.45. The SMILES string of the molecule is COCC(C)N(C)CC1(C)CCNCC1. The molecule has 0 aromatic carbocycles. The molecule has 1 saturated heterocycles. The summed E-state index contributed by atoms with van der Waals surface area (Å²) in [7, 11) is 3.98. The summed E-state index contributed by atoms with van der Waals surface area (Å²) in [5.74, 6) is 0. The predicted molar refractivity (Wildman–Crippen MR) is 64.2 cm³/mol. The van der Waals surface area contributed by atoms with Gasteiger partial charge in [0.15, 0.2) is 0 Å². The minimum Gasteiger partial charge on any atom is -0.383 e. The van der Waals surface area contributed by atoms with E-state index in [1.165, 1.54) is 32.5 Å². The molecule has 3 nitrogen and oxygen atoms in total. The monoisotopic (exact) mass is 214 g/mol. The maximum Gasteiger partial charge on any atom is 0.0615 e. The quantitative estimate of drug-likeness (QED) is 0.747. The average molecular weight is 214 g/mol. The molecule has 1 aliphatic rings. The van der Waals surface area contributed by atoms with Crippen LogP contribution < -0.4 is 5.32 Å². The minimum absolute atomic E-state index is 0.488. The fraction of sp³-hybridized carbons (Fsp3) is 1.00. The lowest BCUT2D eigenvalue weighted by atomic mass is 9.80. The van der Waals surface area contributed by atoms with Crippen molar-refractivity contribution in [1.29, 1.82) is 0 Å². The van der Waals surface area contributed by atoms with Gasteiger partial charge in [-0.15, -0.1) is 0 Å². The van der Waals surface area contributed by atoms with Gasteiger partial charge >= 0.3 is 0 Å². The number of likely N-dealkylation sites (N-methyl/N-ethyl adjacent to an activating group) is 1. The van der Waals surface area contributed by atoms with Crippen molar-refractivity contribution in [3.63, 3.8) is 0 Å². The summed E-state index contributed by atoms with van der Waals surface area (Å²) in [5.41, 5.74) is 0.488. The Hall–Kier alpha value is -0.120. The van der Waals surface area contributed by atoms with Gasteiger partial charge in [0.1, 0.15) is 0 Å². The van der Waals surface area contributed by atoms with Gasteiger partial charge < -0.3 is 15.0 Å². The summed E-state index contributed by atoms with van der Waals surface area (Å²) >= 11 is 0. The zero-order chi connectivity index (χ0) is 11.3. The van der Waals surface area contributed by atoms with Crippen LogP contribution in [0.4, 0.5) is 0 Å². The molecule has 1 heterocycles. The van der Waals surface area contributed by atoms with Crippen LogP contribution in [-0.2, 0) is 4.74 Å². The fourth-order valence-corrected chi connectivity index (χ4v) is 2.31. The summed E-state index contributed by atoms with van der Waals surface area (Å²) in [4.78, 5) is 2.43. The third-order valence-corrected chi connectivity index (χ3v) is 3.60. The lowest BCUT2D eigenvalue weighted by Gasteiger charge is -2.39. The van der Waals surface area contributed by atoms with E-state index in [2.05, 4.69) is 31.1 Å². The first kappa shape index (κ1) is 12.9. The van der Waals surface area contributed by atoms with E-state index in [0.29, 0.717) is 11.5 Å². The van der Waals surface area contributed by atoms with E-state index in [-0.39, 0.29) is 0 Å². The molecule has 1 atom stereocenters. The molecule has 1 N–H and O–H groups in total. The van der Waals surface area contributed by atoms with E-state index in [1.807, 2.05) is 0 Å². The first-order valence-electron chi connectivity index (χ1n) is 5.97. The Labute approximate surface area is 94.2 Å². The van der Waals surface area contributed by atoms with Crippen LogP contribution in [-0.4, -0.2) is 51.3 Å². The molecule has 0 bridgehead atoms. The number of methoxy groups -OCH3 is 1. The van der Waals surface area contributed by atoms with Crippen molar-refractivity contribution in [3.8, 4) is 0 Å². The Morgan fingerprint density at radius 3 is 2.53 bits per heavy atom. The topological polar surface area (TPSA) is 24.5 Å². The van der Waals surface area contributed by atoms with Crippen molar-refractivity contribution in [2.45, 2.75) is 32.7 Å². The number of hydrogen-bond acceptors (Lipinski definition) is 3. The summed E-state index contributed by atoms with van der Waals surface area (Å²) in [6.07, 6.45) is 2.58. The zero-order valence-electron chi connectivity index (χ0n) is 10.7. The van der Waals surface area contributed by atoms with E-state index in [0.717, 1.165) is 6.61 Å². The van der Waals surface area contributed by atoms with Gasteiger partial charge in [-0.1, -0.05) is 6.92 Å². The largest absolute Gasteiger partial charge is 0.383 e. The fourth-order valence-electron chi connectivity index (χ4n) is 2.31. The van der Waals surface area contributed by atoms with Crippen molar-refractivity contribution in [1.82, 2.24) is 10.2 Å². The molecular weight excluding hydrogens is 188 g/mol. The normalized spacial score (nSPS) is 23.0. The van der Waals surface area contributed by atoms with Crippen molar-refractivity contribution >= 4 is 0 Å². The Bertz CT molecular complexity index is 178. The molecule has 15 heavy (non-hydrogen) atoms. The molecule has 1 fully saturated rings. The molecule has 3 heteroatoms. The van der Waals surface area contributed by atoms with Crippen molar-refractivity contribution < 1.29 is 4.74 Å². The van der Waals surface area contributed by atoms with Crippen LogP contribution in [0.15, 0.2) is 0 Å². The molecule has 0 aromatic rings. The third kappa shape index (κ3) is 4.09. The molecule has 90 valence electrons. The van der Waals surface area contributed by atoms with Crippen LogP contribution in [0.2, 0.25) is 0 Å². The summed E-state index contributed by atoms with van der Waals surface area (Å²) < 4.78 is 5.19. The van der Waals surface area contributed by atoms with E-state index in [9.17, 15) is 0 Å². The number of nitrogens with zero attached hydrogens (tertiary/aromatic N) is 1. The lowest BCUT2D eigenvalue weighted by molar-refractivity contribution is 0.0736. The number of ether oxygens (including phenoxy) is 1. The van der Waals surface area contributed by atoms with Gasteiger partial charge in [-0.25, -0.2) is 0 Å². The van der Waals surface area contributed by atoms with Crippen molar-refractivity contribution in [2.24, 2.45) is 5.41 Å². The standard InChI is InChI=1S/C12H26N2O/c1-11(9-15-4)14(3)10-12(2)5-7-13-8-6-12/h11,13H,5-10H2,1-4H3. The van der Waals surface area contributed by atoms with Gasteiger partial charge in [-0.2, -0.15) is 0 Å². The highest BCUT2D eigenvalue weighted by Gasteiger charge is 2.29. The molecule has 0 aliphatic carbocycles. The Morgan fingerprint density at radius 2 is 2.00 bits per heavy atom. The van der Waals surface area contributed by atoms with Gasteiger partial charge in [-0.05, 0) is 45.3 Å². The maximum absolute atomic E-state index is 5.19. The smallest absolute Gasteiger partial charge is 0.0615 e. The number of nitrogens with one attached hydrogen (secondary N) is 1. The first-order valence-corrected chi connectivity index (χ1v) is 5.97. The molecule has 1 rings (SSSR count). The molecule has 0 saturated carbocycles. The molecule has 0 radical (unpaired) electrons. The van der Waals surface area contributed by atoms with E-state index in [4.69, 9.17) is 4.74 Å². The second kappa shape index (κ2) is 5.83. The van der Waals surface area contributed by atoms with Gasteiger partial charge in [0.25, 0.3) is 0 Å². The van der Waals surface area contributed by atoms with Crippen LogP contribution in [0.1, 0.15) is 26.7 Å². The molecule has 0 aromatic heterocycles. The van der Waals surface area contributed by atoms with Crippen molar-refractivity contribution in [3.05, 3.63) is 0 Å². The van der Waals surface area contributed by atoms with E-state index < -0.39 is 0 Å². The van der Waals surface area contributed by atoms with E-state index >= 15 is 0 Å². The highest BCUT2D eigenvalue weighted by molar-refractivity contribution is 4.84. The van der Waals surface area contributed by atoms with Crippen LogP contribution in [0.3, 0.4) is 0 Å². The summed E-state index contributed by atoms with van der Waals surface area (Å²) in [6, 6.07) is 0.515. The maximum atomic E-state index is 5.19. The van der Waals surface area contributed by atoms with Crippen molar-refractivity contribution in [2.75, 3.05) is 40.4 Å². The van der Waals surface area contributed by atoms with Gasteiger partial charge in [0, 0.05) is 19.7 Å². The Morgan fingerprint density at radius 1 is 1.40 bits per heavy atom. The van der Waals surface area contributed by atoms with Crippen LogP contribution in [0.5, 0.6) is 0 Å². The van der Waals surface area contributed by atoms with Gasteiger partial charge in [0.05, 0.1) is 6.61 Å². The number of rotatable bonds is 5. The highest BCUT2D eigenvalue weighted by Crippen LogP contribution is 2.29. The number of piperidine rings is 1. The first-order chi connectivity index (χ1) is 7.07. The molecule has 0 amide bonds. The van der Waals surface area contributed by atoms with E-state index in [1.54, 1.807) is 7.11 Å². The van der Waals surface area contributed by atoms with Crippen LogP contribution in [0.25, 0.3) is 0 Å². The molecule has 1 unspecified atom stereocenters. The molecular formula is C12H26N2O. The molecule has 1 aliphatic heterocycles. The average Bonchev–Trinajstić information content (AvgIpc) is 2.18. The third-order valence-electron chi connectivity index (χ3n) is 3.60. The summed E-state index contributed by atoms with van der Waals surface area (Å²) in [5, 5.41) is 3.42. The number of hydrogen-bond donors (Lipinski definition) is 1. The summed E-state index contributed by atoms with van der Waals surface area (Å²) in [6.45, 7) is 8.98. The molecule has 0 spiro atoms. The van der Waals surface area contributed by atoms with Crippen LogP contribution >= 0.6 is 0 Å². The highest BCUT2D eigenvalue weighted by atomic mass is 16.5. The van der Waals surface area contributed by atoms with Crippen LogP contribution in [0, 0.1) is 5.41 Å². The minimum atomic E-state index is 0.488. The predicted octanol–water partition coefficient (Wildman–Crippen LogP) is 1.34. The van der Waals surface area contributed by atoms with Gasteiger partial charge in [0.2, 0.25) is 0 Å². The Kier molecular flexibility index (Phi) is 5.03. The second-order valence-corrected chi connectivity index (χ2v) is 5.28.